The van der Waals surface area contributed by atoms with Gasteiger partial charge in [-0.1, -0.05) is 23.7 Å². The van der Waals surface area contributed by atoms with Crippen LogP contribution in [-0.4, -0.2) is 44.8 Å². The average Bonchev–Trinajstić information content (AvgIpc) is 2.51. The van der Waals surface area contributed by atoms with Crippen LogP contribution in [0.25, 0.3) is 0 Å². The van der Waals surface area contributed by atoms with Gasteiger partial charge in [-0.15, -0.1) is 0 Å². The third-order valence-electron chi connectivity index (χ3n) is 2.80. The quantitative estimate of drug-likeness (QED) is 0.433. The molecule has 0 bridgehead atoms. The molecule has 1 aromatic rings. The summed E-state index contributed by atoms with van der Waals surface area (Å²) in [6.45, 7) is 0.188. The average molecular weight is 333 g/mol. The Labute approximate surface area is 132 Å². The molecule has 0 spiro atoms. The zero-order valence-corrected chi connectivity index (χ0v) is 13.6. The van der Waals surface area contributed by atoms with Gasteiger partial charge < -0.3 is 14.2 Å². The van der Waals surface area contributed by atoms with Crippen molar-refractivity contribution in [2.24, 2.45) is 0 Å². The third-order valence-corrected chi connectivity index (χ3v) is 3.63. The largest absolute Gasteiger partial charge is 0.466 e. The summed E-state index contributed by atoms with van der Waals surface area (Å²) in [5.41, 5.74) is -1.63. The first-order valence-electron chi connectivity index (χ1n) is 6.08. The van der Waals surface area contributed by atoms with Gasteiger partial charge in [0, 0.05) is 16.3 Å². The molecule has 21 heavy (non-hydrogen) atoms. The molecule has 0 aliphatic carbocycles. The van der Waals surface area contributed by atoms with Gasteiger partial charge in [0.1, 0.15) is 0 Å². The van der Waals surface area contributed by atoms with E-state index in [2.05, 4.69) is 0 Å². The number of hydrogen-bond donors (Lipinski definition) is 0. The van der Waals surface area contributed by atoms with Gasteiger partial charge in [-0.05, 0) is 18.4 Å². The Hall–Kier alpha value is -1.24. The molecule has 0 amide bonds. The van der Waals surface area contributed by atoms with Crippen molar-refractivity contribution in [3.8, 4) is 0 Å². The number of carbonyl (C=O) groups is 2. The Morgan fingerprint density at radius 1 is 1.14 bits per heavy atom. The summed E-state index contributed by atoms with van der Waals surface area (Å²) >= 11 is 7.37. The number of halogens is 1. The van der Waals surface area contributed by atoms with Crippen LogP contribution in [0.4, 0.5) is 0 Å². The fraction of sp³-hybridized carbons (Fsp3) is 0.429. The minimum atomic E-state index is -1.94. The number of ether oxygens (including phenoxy) is 3. The molecule has 0 unspecified atom stereocenters. The Morgan fingerprint density at radius 3 is 2.10 bits per heavy atom. The Morgan fingerprint density at radius 2 is 1.67 bits per heavy atom. The fourth-order valence-electron chi connectivity index (χ4n) is 1.77. The molecule has 0 saturated carbocycles. The highest BCUT2D eigenvalue weighted by Crippen LogP contribution is 2.30. The summed E-state index contributed by atoms with van der Waals surface area (Å²) in [5.74, 6) is -1.06. The van der Waals surface area contributed by atoms with Gasteiger partial charge in [-0.25, -0.2) is 9.59 Å². The number of rotatable bonds is 7. The summed E-state index contributed by atoms with van der Waals surface area (Å²) in [6.07, 6.45) is 1.89. The van der Waals surface area contributed by atoms with Gasteiger partial charge in [0.25, 0.3) is 5.60 Å². The van der Waals surface area contributed by atoms with E-state index in [1.165, 1.54) is 38.1 Å². The molecule has 0 aliphatic rings. The van der Waals surface area contributed by atoms with Crippen molar-refractivity contribution in [1.29, 1.82) is 0 Å². The molecule has 0 N–H and O–H groups in total. The molecule has 0 heterocycles. The predicted octanol–water partition coefficient (Wildman–Crippen LogP) is 2.26. The van der Waals surface area contributed by atoms with Gasteiger partial charge in [0.05, 0.1) is 20.8 Å². The lowest BCUT2D eigenvalue weighted by Gasteiger charge is -2.28. The SMILES string of the molecule is COC(=O)C(OCCSC)(C(=O)OC)c1ccc(Cl)cc1. The maximum atomic E-state index is 12.2. The first kappa shape index (κ1) is 17.8. The smallest absolute Gasteiger partial charge is 0.354 e. The number of esters is 2. The van der Waals surface area contributed by atoms with Crippen molar-refractivity contribution < 1.29 is 23.8 Å². The molecule has 0 radical (unpaired) electrons. The predicted molar refractivity (Wildman–Crippen MR) is 81.5 cm³/mol. The highest BCUT2D eigenvalue weighted by atomic mass is 35.5. The Balaban J connectivity index is 3.31. The van der Waals surface area contributed by atoms with Crippen LogP contribution in [0.15, 0.2) is 24.3 Å². The van der Waals surface area contributed by atoms with E-state index < -0.39 is 17.5 Å². The van der Waals surface area contributed by atoms with E-state index in [4.69, 9.17) is 25.8 Å². The van der Waals surface area contributed by atoms with Crippen molar-refractivity contribution in [3.63, 3.8) is 0 Å². The zero-order chi connectivity index (χ0) is 15.9. The Bertz CT molecular complexity index is 473. The van der Waals surface area contributed by atoms with E-state index in [0.29, 0.717) is 16.3 Å². The van der Waals surface area contributed by atoms with Gasteiger partial charge in [0.15, 0.2) is 0 Å². The first-order chi connectivity index (χ1) is 10.0. The normalized spacial score (nSPS) is 11.0. The summed E-state index contributed by atoms with van der Waals surface area (Å²) in [6, 6.07) is 6.20. The molecule has 116 valence electrons. The molecule has 0 aliphatic heterocycles. The van der Waals surface area contributed by atoms with Crippen molar-refractivity contribution in [2.45, 2.75) is 5.60 Å². The van der Waals surface area contributed by atoms with Crippen molar-refractivity contribution in [1.82, 2.24) is 0 Å². The van der Waals surface area contributed by atoms with E-state index in [9.17, 15) is 9.59 Å². The van der Waals surface area contributed by atoms with Gasteiger partial charge in [0.2, 0.25) is 0 Å². The highest BCUT2D eigenvalue weighted by Gasteiger charge is 2.51. The van der Waals surface area contributed by atoms with Crippen LogP contribution in [0, 0.1) is 0 Å². The van der Waals surface area contributed by atoms with Crippen LogP contribution < -0.4 is 0 Å². The van der Waals surface area contributed by atoms with Gasteiger partial charge in [-0.2, -0.15) is 11.8 Å². The molecule has 7 heteroatoms. The maximum absolute atomic E-state index is 12.2. The van der Waals surface area contributed by atoms with Crippen LogP contribution in [-0.2, 0) is 29.4 Å². The molecule has 0 aromatic heterocycles. The van der Waals surface area contributed by atoms with Crippen LogP contribution in [0.1, 0.15) is 5.56 Å². The van der Waals surface area contributed by atoms with Gasteiger partial charge in [-0.3, -0.25) is 0 Å². The van der Waals surface area contributed by atoms with E-state index >= 15 is 0 Å². The summed E-state index contributed by atoms with van der Waals surface area (Å²) in [4.78, 5) is 24.5. The number of thioether (sulfide) groups is 1. The fourth-order valence-corrected chi connectivity index (χ4v) is 2.15. The first-order valence-corrected chi connectivity index (χ1v) is 7.85. The van der Waals surface area contributed by atoms with Crippen molar-refractivity contribution in [2.75, 3.05) is 32.8 Å². The van der Waals surface area contributed by atoms with Crippen LogP contribution >= 0.6 is 23.4 Å². The number of hydrogen-bond acceptors (Lipinski definition) is 6. The molecule has 5 nitrogen and oxygen atoms in total. The maximum Gasteiger partial charge on any atom is 0.354 e. The summed E-state index contributed by atoms with van der Waals surface area (Å²) in [5, 5.41) is 0.478. The second-order valence-electron chi connectivity index (χ2n) is 4.01. The van der Waals surface area contributed by atoms with E-state index in [1.54, 1.807) is 12.1 Å². The topological polar surface area (TPSA) is 61.8 Å². The number of carbonyl (C=O) groups excluding carboxylic acids is 2. The van der Waals surface area contributed by atoms with E-state index in [-0.39, 0.29) is 6.61 Å². The molecule has 1 aromatic carbocycles. The number of methoxy groups -OCH3 is 2. The van der Waals surface area contributed by atoms with Crippen molar-refractivity contribution in [3.05, 3.63) is 34.9 Å². The monoisotopic (exact) mass is 332 g/mol. The zero-order valence-electron chi connectivity index (χ0n) is 12.1. The summed E-state index contributed by atoms with van der Waals surface area (Å²) in [7, 11) is 2.38. The number of benzene rings is 1. The molecule has 0 fully saturated rings. The van der Waals surface area contributed by atoms with Crippen LogP contribution in [0.2, 0.25) is 5.02 Å². The van der Waals surface area contributed by atoms with Crippen molar-refractivity contribution >= 4 is 35.3 Å². The lowest BCUT2D eigenvalue weighted by Crippen LogP contribution is -2.48. The lowest BCUT2D eigenvalue weighted by atomic mass is 9.93. The second kappa shape index (κ2) is 8.26. The van der Waals surface area contributed by atoms with Gasteiger partial charge >= 0.3 is 11.9 Å². The van der Waals surface area contributed by atoms with Crippen LogP contribution in [0.3, 0.4) is 0 Å². The van der Waals surface area contributed by atoms with E-state index in [1.807, 2.05) is 6.26 Å². The van der Waals surface area contributed by atoms with Crippen LogP contribution in [0.5, 0.6) is 0 Å². The molecule has 1 rings (SSSR count). The molecular weight excluding hydrogens is 316 g/mol. The second-order valence-corrected chi connectivity index (χ2v) is 5.43. The molecule has 0 saturated heterocycles. The standard InChI is InChI=1S/C14H17ClO5S/c1-18-12(16)14(13(17)19-2,20-8-9-21-3)10-4-6-11(15)7-5-10/h4-7H,8-9H2,1-3H3. The summed E-state index contributed by atoms with van der Waals surface area (Å²) < 4.78 is 15.1. The molecule has 0 atom stereocenters. The lowest BCUT2D eigenvalue weighted by molar-refractivity contribution is -0.189. The minimum Gasteiger partial charge on any atom is -0.466 e. The third kappa shape index (κ3) is 3.90. The minimum absolute atomic E-state index is 0.188. The molecular formula is C14H17ClO5S. The Kier molecular flexibility index (Phi) is 7.01. The van der Waals surface area contributed by atoms with E-state index in [0.717, 1.165) is 0 Å². The highest BCUT2D eigenvalue weighted by molar-refractivity contribution is 7.98.